The van der Waals surface area contributed by atoms with Gasteiger partial charge in [-0.05, 0) is 25.8 Å². The molecule has 0 spiro atoms. The van der Waals surface area contributed by atoms with Gasteiger partial charge in [0.25, 0.3) is 0 Å². The highest BCUT2D eigenvalue weighted by molar-refractivity contribution is 6.08. The average molecular weight is 306 g/mol. The molecule has 0 aromatic rings. The first-order valence-corrected chi connectivity index (χ1v) is 7.55. The Morgan fingerprint density at radius 2 is 2.09 bits per heavy atom. The van der Waals surface area contributed by atoms with E-state index in [-0.39, 0.29) is 23.8 Å². The molecule has 0 bridgehead atoms. The Morgan fingerprint density at radius 3 is 2.64 bits per heavy atom. The Labute approximate surface area is 130 Å². The van der Waals surface area contributed by atoms with Crippen molar-refractivity contribution in [2.24, 2.45) is 17.3 Å². The van der Waals surface area contributed by atoms with E-state index in [2.05, 4.69) is 0 Å². The minimum Gasteiger partial charge on any atom is -0.481 e. The van der Waals surface area contributed by atoms with Gasteiger partial charge in [0.15, 0.2) is 5.78 Å². The topological polar surface area (TPSA) is 80.7 Å². The predicted molar refractivity (Wildman–Crippen MR) is 80.0 cm³/mol. The van der Waals surface area contributed by atoms with Gasteiger partial charge in [-0.2, -0.15) is 0 Å². The SMILES string of the molecule is CC(=O)O[C@H]1CCC2=CC(=O)C([C@@H](C)C(=O)O)=C[C@]2(C)[C@H]1C. The van der Waals surface area contributed by atoms with Crippen LogP contribution in [0.2, 0.25) is 0 Å². The molecule has 0 radical (unpaired) electrons. The zero-order chi connectivity index (χ0) is 16.7. The Kier molecular flexibility index (Phi) is 4.27. The fourth-order valence-corrected chi connectivity index (χ4v) is 3.43. The molecule has 1 fully saturated rings. The number of carboxylic acid groups (broad SMARTS) is 1. The molecule has 0 unspecified atom stereocenters. The molecule has 0 aromatic carbocycles. The zero-order valence-corrected chi connectivity index (χ0v) is 13.4. The van der Waals surface area contributed by atoms with Crippen molar-refractivity contribution in [2.45, 2.75) is 46.6 Å². The summed E-state index contributed by atoms with van der Waals surface area (Å²) in [5.41, 5.74) is 0.856. The lowest BCUT2D eigenvalue weighted by atomic mass is 9.60. The van der Waals surface area contributed by atoms with Crippen LogP contribution in [0.4, 0.5) is 0 Å². The summed E-state index contributed by atoms with van der Waals surface area (Å²) in [7, 11) is 0. The van der Waals surface area contributed by atoms with E-state index in [0.717, 1.165) is 5.57 Å². The van der Waals surface area contributed by atoms with Crippen LogP contribution in [0, 0.1) is 17.3 Å². The predicted octanol–water partition coefficient (Wildman–Crippen LogP) is 2.51. The van der Waals surface area contributed by atoms with Crippen LogP contribution >= 0.6 is 0 Å². The van der Waals surface area contributed by atoms with Crippen molar-refractivity contribution >= 4 is 17.7 Å². The van der Waals surface area contributed by atoms with Crippen LogP contribution in [0.25, 0.3) is 0 Å². The Bertz CT molecular complexity index is 586. The van der Waals surface area contributed by atoms with Crippen LogP contribution in [0.15, 0.2) is 23.3 Å². The number of ether oxygens (including phenoxy) is 1. The van der Waals surface area contributed by atoms with E-state index in [0.29, 0.717) is 18.4 Å². The fraction of sp³-hybridized carbons (Fsp3) is 0.588. The molecule has 2 aliphatic carbocycles. The summed E-state index contributed by atoms with van der Waals surface area (Å²) >= 11 is 0. The van der Waals surface area contributed by atoms with E-state index >= 15 is 0 Å². The molecular weight excluding hydrogens is 284 g/mol. The number of carbonyl (C=O) groups excluding carboxylic acids is 2. The minimum absolute atomic E-state index is 0.0134. The van der Waals surface area contributed by atoms with Gasteiger partial charge in [-0.1, -0.05) is 25.5 Å². The van der Waals surface area contributed by atoms with Crippen LogP contribution < -0.4 is 0 Å². The average Bonchev–Trinajstić information content (AvgIpc) is 2.43. The summed E-state index contributed by atoms with van der Waals surface area (Å²) in [5.74, 6) is -2.41. The van der Waals surface area contributed by atoms with Crippen LogP contribution in [0.3, 0.4) is 0 Å². The maximum absolute atomic E-state index is 12.2. The van der Waals surface area contributed by atoms with Crippen LogP contribution in [-0.4, -0.2) is 28.9 Å². The number of hydrogen-bond donors (Lipinski definition) is 1. The molecule has 0 amide bonds. The van der Waals surface area contributed by atoms with Crippen LogP contribution in [-0.2, 0) is 19.1 Å². The molecule has 1 saturated carbocycles. The summed E-state index contributed by atoms with van der Waals surface area (Å²) in [6, 6.07) is 0. The van der Waals surface area contributed by atoms with Gasteiger partial charge < -0.3 is 9.84 Å². The molecule has 0 heterocycles. The molecule has 0 aliphatic heterocycles. The summed E-state index contributed by atoms with van der Waals surface area (Å²) in [6.07, 6.45) is 4.51. The molecule has 22 heavy (non-hydrogen) atoms. The Balaban J connectivity index is 2.39. The first kappa shape index (κ1) is 16.5. The van der Waals surface area contributed by atoms with Gasteiger partial charge in [-0.15, -0.1) is 0 Å². The van der Waals surface area contributed by atoms with Crippen molar-refractivity contribution in [1.82, 2.24) is 0 Å². The van der Waals surface area contributed by atoms with Crippen molar-refractivity contribution in [3.8, 4) is 0 Å². The Morgan fingerprint density at radius 1 is 1.45 bits per heavy atom. The monoisotopic (exact) mass is 306 g/mol. The molecule has 5 heteroatoms. The summed E-state index contributed by atoms with van der Waals surface area (Å²) in [4.78, 5) is 34.7. The highest BCUT2D eigenvalue weighted by atomic mass is 16.5. The molecular formula is C17H22O5. The Hall–Kier alpha value is -1.91. The molecule has 0 aromatic heterocycles. The number of hydrogen-bond acceptors (Lipinski definition) is 4. The zero-order valence-electron chi connectivity index (χ0n) is 13.4. The van der Waals surface area contributed by atoms with Crippen molar-refractivity contribution in [3.05, 3.63) is 23.3 Å². The standard InChI is InChI=1S/C17H22O5/c1-9(16(20)21)13-8-17(4)10(2)15(22-11(3)18)6-5-12(17)7-14(13)19/h7-10,15H,5-6H2,1-4H3,(H,20,21)/t9-,10+,15+,17-/m1/s1. The van der Waals surface area contributed by atoms with Crippen molar-refractivity contribution in [1.29, 1.82) is 0 Å². The number of rotatable bonds is 3. The smallest absolute Gasteiger partial charge is 0.310 e. The third-order valence-electron chi connectivity index (χ3n) is 5.09. The van der Waals surface area contributed by atoms with Gasteiger partial charge in [0.1, 0.15) is 6.10 Å². The molecule has 120 valence electrons. The first-order chi connectivity index (χ1) is 10.2. The molecule has 4 atom stereocenters. The minimum atomic E-state index is -1.01. The maximum atomic E-state index is 12.2. The normalized spacial score (nSPS) is 32.5. The number of allylic oxidation sites excluding steroid dienone is 3. The van der Waals surface area contributed by atoms with E-state index in [1.54, 1.807) is 12.2 Å². The van der Waals surface area contributed by atoms with E-state index in [4.69, 9.17) is 4.74 Å². The molecule has 1 N–H and O–H groups in total. The highest BCUT2D eigenvalue weighted by Crippen LogP contribution is 2.50. The quantitative estimate of drug-likeness (QED) is 0.810. The van der Waals surface area contributed by atoms with E-state index in [1.165, 1.54) is 13.8 Å². The second-order valence-electron chi connectivity index (χ2n) is 6.45. The molecule has 0 saturated heterocycles. The third kappa shape index (κ3) is 2.72. The van der Waals surface area contributed by atoms with Gasteiger partial charge in [-0.25, -0.2) is 0 Å². The third-order valence-corrected chi connectivity index (χ3v) is 5.09. The second-order valence-corrected chi connectivity index (χ2v) is 6.45. The molecule has 2 rings (SSSR count). The molecule has 2 aliphatic rings. The number of esters is 1. The van der Waals surface area contributed by atoms with Gasteiger partial charge in [0.2, 0.25) is 0 Å². The molecule has 5 nitrogen and oxygen atoms in total. The van der Waals surface area contributed by atoms with Crippen LogP contribution in [0.5, 0.6) is 0 Å². The fourth-order valence-electron chi connectivity index (χ4n) is 3.43. The lowest BCUT2D eigenvalue weighted by molar-refractivity contribution is -0.152. The van der Waals surface area contributed by atoms with E-state index in [9.17, 15) is 19.5 Å². The maximum Gasteiger partial charge on any atom is 0.310 e. The van der Waals surface area contributed by atoms with Gasteiger partial charge in [0.05, 0.1) is 5.92 Å². The lowest BCUT2D eigenvalue weighted by Crippen LogP contribution is -2.43. The highest BCUT2D eigenvalue weighted by Gasteiger charge is 2.46. The summed E-state index contributed by atoms with van der Waals surface area (Å²) in [5, 5.41) is 9.19. The summed E-state index contributed by atoms with van der Waals surface area (Å²) < 4.78 is 5.39. The number of aliphatic carboxylic acids is 1. The first-order valence-electron chi connectivity index (χ1n) is 7.55. The van der Waals surface area contributed by atoms with Gasteiger partial charge >= 0.3 is 11.9 Å². The van der Waals surface area contributed by atoms with Gasteiger partial charge in [0, 0.05) is 23.8 Å². The van der Waals surface area contributed by atoms with Crippen molar-refractivity contribution in [2.75, 3.05) is 0 Å². The second kappa shape index (κ2) is 5.71. The lowest BCUT2D eigenvalue weighted by Gasteiger charge is -2.46. The number of carbonyl (C=O) groups is 3. The number of ketones is 1. The van der Waals surface area contributed by atoms with Crippen LogP contribution in [0.1, 0.15) is 40.5 Å². The van der Waals surface area contributed by atoms with E-state index in [1.807, 2.05) is 13.8 Å². The van der Waals surface area contributed by atoms with Crippen molar-refractivity contribution < 1.29 is 24.2 Å². The largest absolute Gasteiger partial charge is 0.481 e. The number of carboxylic acids is 1. The van der Waals surface area contributed by atoms with Gasteiger partial charge in [-0.3, -0.25) is 14.4 Å². The van der Waals surface area contributed by atoms with Crippen molar-refractivity contribution in [3.63, 3.8) is 0 Å². The van der Waals surface area contributed by atoms with E-state index < -0.39 is 17.3 Å². The summed E-state index contributed by atoms with van der Waals surface area (Å²) in [6.45, 7) is 6.88. The number of fused-ring (bicyclic) bond motifs is 1.